The molecule has 3 heterocycles. The molecular weight excluding hydrogens is 392 g/mol. The molecule has 4 rings (SSSR count). The van der Waals surface area contributed by atoms with Gasteiger partial charge in [-0.15, -0.1) is 0 Å². The maximum Gasteiger partial charge on any atom is 0.404 e. The number of sulfonamides is 1. The molecule has 5 atom stereocenters. The summed E-state index contributed by atoms with van der Waals surface area (Å²) in [7, 11) is -2.18. The first-order chi connectivity index (χ1) is 13.0. The number of nitrogens with zero attached hydrogens (tertiary/aromatic N) is 2. The van der Waals surface area contributed by atoms with Gasteiger partial charge in [-0.2, -0.15) is 4.31 Å². The van der Waals surface area contributed by atoms with E-state index in [2.05, 4.69) is 0 Å². The molecular formula is C16H20N4O7S. The highest BCUT2D eigenvalue weighted by Gasteiger charge is 2.78. The summed E-state index contributed by atoms with van der Waals surface area (Å²) >= 11 is 0. The number of primary amides is 1. The number of rotatable bonds is 4. The fraction of sp³-hybridized carbons (Fsp3) is 0.562. The zero-order chi connectivity index (χ0) is 20.8. The number of ketones is 2. The van der Waals surface area contributed by atoms with Crippen LogP contribution in [0.4, 0.5) is 4.79 Å². The zero-order valence-corrected chi connectivity index (χ0v) is 16.3. The molecule has 0 bridgehead atoms. The molecule has 0 aromatic rings. The minimum absolute atomic E-state index is 0.0648. The Bertz CT molecular complexity index is 1000. The lowest BCUT2D eigenvalue weighted by atomic mass is 9.82. The Hall–Kier alpha value is -2.44. The molecule has 12 heteroatoms. The van der Waals surface area contributed by atoms with Crippen molar-refractivity contribution in [1.29, 1.82) is 0 Å². The molecule has 11 nitrogen and oxygen atoms in total. The molecule has 0 aromatic heterocycles. The van der Waals surface area contributed by atoms with Crippen LogP contribution in [-0.2, 0) is 29.1 Å². The fourth-order valence-electron chi connectivity index (χ4n) is 4.88. The van der Waals surface area contributed by atoms with Crippen LogP contribution in [0.15, 0.2) is 22.5 Å². The highest BCUT2D eigenvalue weighted by atomic mass is 32.2. The van der Waals surface area contributed by atoms with E-state index in [1.165, 1.54) is 18.3 Å². The van der Waals surface area contributed by atoms with E-state index in [4.69, 9.17) is 20.9 Å². The normalized spacial score (nSPS) is 36.5. The summed E-state index contributed by atoms with van der Waals surface area (Å²) in [6.45, 7) is 1.27. The first-order valence-corrected chi connectivity index (χ1v) is 10.4. The number of piperazine rings is 1. The molecule has 4 aliphatic rings. The van der Waals surface area contributed by atoms with E-state index in [1.807, 2.05) is 0 Å². The molecule has 0 aromatic carbocycles. The summed E-state index contributed by atoms with van der Waals surface area (Å²) in [4.78, 5) is 38.7. The number of hydrogen-bond donors (Lipinski definition) is 2. The number of carbonyl (C=O) groups excluding carboxylic acids is 3. The highest BCUT2D eigenvalue weighted by molar-refractivity contribution is 7.88. The van der Waals surface area contributed by atoms with E-state index in [9.17, 15) is 22.8 Å². The molecule has 0 saturated carbocycles. The van der Waals surface area contributed by atoms with Crippen molar-refractivity contribution in [3.05, 3.63) is 22.5 Å². The Balaban J connectivity index is 1.86. The van der Waals surface area contributed by atoms with Gasteiger partial charge in [0, 0.05) is 24.8 Å². The van der Waals surface area contributed by atoms with Gasteiger partial charge in [-0.25, -0.2) is 13.2 Å². The molecule has 2 fully saturated rings. The van der Waals surface area contributed by atoms with E-state index in [-0.39, 0.29) is 35.7 Å². The summed E-state index contributed by atoms with van der Waals surface area (Å²) in [6.07, 6.45) is 0.0161. The second kappa shape index (κ2) is 5.55. The highest BCUT2D eigenvalue weighted by Crippen LogP contribution is 2.60. The van der Waals surface area contributed by atoms with Gasteiger partial charge < -0.3 is 25.8 Å². The monoisotopic (exact) mass is 412 g/mol. The standard InChI is InChI=1S/C16H20N4O7S/c1-6-10(17)13(22)9-7(5-27-15(18)23)16(26-2)14-8(20(14)28(3,24)25)4-19(16)11(9)12(6)21/h7-8,14H,4-5,17H2,1-3H3,(H2,18,23)/t7-,8?,14?,16-,20?/m1/s1. The lowest BCUT2D eigenvalue weighted by Crippen LogP contribution is -2.56. The lowest BCUT2D eigenvalue weighted by molar-refractivity contribution is -0.141. The third kappa shape index (κ3) is 2.10. The quantitative estimate of drug-likeness (QED) is 0.393. The van der Waals surface area contributed by atoms with Gasteiger partial charge in [-0.1, -0.05) is 0 Å². The summed E-state index contributed by atoms with van der Waals surface area (Å²) in [5.74, 6) is -1.91. The molecule has 152 valence electrons. The summed E-state index contributed by atoms with van der Waals surface area (Å²) in [6, 6.07) is -1.05. The molecule has 3 unspecified atom stereocenters. The van der Waals surface area contributed by atoms with Crippen molar-refractivity contribution >= 4 is 27.7 Å². The molecule has 0 radical (unpaired) electrons. The predicted molar refractivity (Wildman–Crippen MR) is 93.7 cm³/mol. The Kier molecular flexibility index (Phi) is 3.75. The number of nitrogens with two attached hydrogens (primary N) is 2. The summed E-state index contributed by atoms with van der Waals surface area (Å²) in [5.41, 5.74) is 9.67. The third-order valence-corrected chi connectivity index (χ3v) is 7.28. The Morgan fingerprint density at radius 1 is 1.32 bits per heavy atom. The Morgan fingerprint density at radius 3 is 2.50 bits per heavy atom. The van der Waals surface area contributed by atoms with E-state index in [1.54, 1.807) is 4.90 Å². The number of amides is 1. The Labute approximate surface area is 160 Å². The van der Waals surface area contributed by atoms with Crippen molar-refractivity contribution in [3.63, 3.8) is 0 Å². The second-order valence-corrected chi connectivity index (χ2v) is 9.20. The van der Waals surface area contributed by atoms with Crippen LogP contribution in [0, 0.1) is 5.92 Å². The number of hydrogen-bond acceptors (Lipinski definition) is 9. The molecule has 4 N–H and O–H groups in total. The van der Waals surface area contributed by atoms with Gasteiger partial charge in [0.25, 0.3) is 0 Å². The van der Waals surface area contributed by atoms with Crippen molar-refractivity contribution in [1.82, 2.24) is 9.21 Å². The van der Waals surface area contributed by atoms with Gasteiger partial charge in [-0.3, -0.25) is 9.59 Å². The average Bonchev–Trinajstić information content (AvgIpc) is 3.15. The van der Waals surface area contributed by atoms with Crippen LogP contribution < -0.4 is 11.5 Å². The largest absolute Gasteiger partial charge is 0.449 e. The van der Waals surface area contributed by atoms with E-state index in [0.29, 0.717) is 0 Å². The smallest absolute Gasteiger partial charge is 0.404 e. The van der Waals surface area contributed by atoms with E-state index in [0.717, 1.165) is 6.26 Å². The van der Waals surface area contributed by atoms with Gasteiger partial charge in [-0.05, 0) is 6.92 Å². The van der Waals surface area contributed by atoms with Crippen LogP contribution in [0.3, 0.4) is 0 Å². The molecule has 1 aliphatic carbocycles. The second-order valence-electron chi connectivity index (χ2n) is 7.31. The van der Waals surface area contributed by atoms with E-state index >= 15 is 0 Å². The van der Waals surface area contributed by atoms with Crippen molar-refractivity contribution in [2.24, 2.45) is 17.4 Å². The number of fused-ring (bicyclic) bond motifs is 4. The number of methoxy groups -OCH3 is 1. The lowest BCUT2D eigenvalue weighted by Gasteiger charge is -2.40. The van der Waals surface area contributed by atoms with Crippen LogP contribution >= 0.6 is 0 Å². The maximum atomic E-state index is 12.9. The number of carbonyl (C=O) groups is 3. The van der Waals surface area contributed by atoms with Crippen LogP contribution in [0.5, 0.6) is 0 Å². The minimum Gasteiger partial charge on any atom is -0.449 e. The van der Waals surface area contributed by atoms with Gasteiger partial charge in [0.15, 0.2) is 5.72 Å². The summed E-state index contributed by atoms with van der Waals surface area (Å²) < 4.78 is 36.3. The minimum atomic E-state index is -3.54. The van der Waals surface area contributed by atoms with Crippen LogP contribution in [0.2, 0.25) is 0 Å². The fourth-order valence-corrected chi connectivity index (χ4v) is 6.21. The molecule has 1 amide bonds. The van der Waals surface area contributed by atoms with E-state index < -0.39 is 51.4 Å². The summed E-state index contributed by atoms with van der Waals surface area (Å²) in [5, 5.41) is 0. The topological polar surface area (TPSA) is 162 Å². The van der Waals surface area contributed by atoms with Crippen LogP contribution in [0.1, 0.15) is 6.92 Å². The predicted octanol–water partition coefficient (Wildman–Crippen LogP) is -1.98. The van der Waals surface area contributed by atoms with Gasteiger partial charge in [0.05, 0.1) is 35.7 Å². The zero-order valence-electron chi connectivity index (χ0n) is 15.5. The Morgan fingerprint density at radius 2 is 1.96 bits per heavy atom. The van der Waals surface area contributed by atoms with Crippen molar-refractivity contribution in [3.8, 4) is 0 Å². The van der Waals surface area contributed by atoms with Crippen molar-refractivity contribution < 1.29 is 32.3 Å². The van der Waals surface area contributed by atoms with Gasteiger partial charge in [0.1, 0.15) is 6.61 Å². The average molecular weight is 412 g/mol. The molecule has 3 aliphatic heterocycles. The third-order valence-electron chi connectivity index (χ3n) is 6.01. The van der Waals surface area contributed by atoms with Crippen molar-refractivity contribution in [2.75, 3.05) is 26.5 Å². The molecule has 2 saturated heterocycles. The van der Waals surface area contributed by atoms with Crippen molar-refractivity contribution in [2.45, 2.75) is 24.7 Å². The van der Waals surface area contributed by atoms with Gasteiger partial charge in [0.2, 0.25) is 21.6 Å². The van der Waals surface area contributed by atoms with Crippen LogP contribution in [-0.4, -0.2) is 79.6 Å². The number of ether oxygens (including phenoxy) is 2. The molecule has 28 heavy (non-hydrogen) atoms. The number of allylic oxidation sites excluding steroid dienone is 2. The maximum absolute atomic E-state index is 12.9. The van der Waals surface area contributed by atoms with Gasteiger partial charge >= 0.3 is 6.09 Å². The van der Waals surface area contributed by atoms with Crippen LogP contribution in [0.25, 0.3) is 0 Å². The number of Topliss-reactive ketones (excluding diaryl/α,β-unsaturated/α-hetero) is 2. The molecule has 0 spiro atoms. The first-order valence-electron chi connectivity index (χ1n) is 8.51. The SMILES string of the molecule is CO[C@]12C3C(CN1C1=C(C(=O)C(N)=C(C)C1=O)[C@H]2COC(N)=O)N3S(C)(=O)=O. The first kappa shape index (κ1) is 18.9.